The SMILES string of the molecule is O=C(CCCN1C(=O)c2cccc3cccc(c23)C1=O)OC[C@H]1CC1(Cl)Cl. The summed E-state index contributed by atoms with van der Waals surface area (Å²) in [5.41, 5.74) is 1.03. The molecule has 0 radical (unpaired) electrons. The third kappa shape index (κ3) is 3.42. The second-order valence-corrected chi connectivity index (χ2v) is 8.46. The Morgan fingerprint density at radius 1 is 1.11 bits per heavy atom. The molecule has 27 heavy (non-hydrogen) atoms. The summed E-state index contributed by atoms with van der Waals surface area (Å²) in [6, 6.07) is 10.8. The molecule has 0 bridgehead atoms. The van der Waals surface area contributed by atoms with E-state index in [-0.39, 0.29) is 43.3 Å². The van der Waals surface area contributed by atoms with Crippen molar-refractivity contribution in [3.8, 4) is 0 Å². The topological polar surface area (TPSA) is 63.7 Å². The molecule has 4 rings (SSSR count). The maximum Gasteiger partial charge on any atom is 0.305 e. The van der Waals surface area contributed by atoms with Gasteiger partial charge < -0.3 is 4.74 Å². The molecule has 2 aromatic carbocycles. The van der Waals surface area contributed by atoms with Gasteiger partial charge in [-0.3, -0.25) is 19.3 Å². The van der Waals surface area contributed by atoms with E-state index in [1.165, 1.54) is 4.90 Å². The molecule has 1 atom stereocenters. The largest absolute Gasteiger partial charge is 0.465 e. The zero-order chi connectivity index (χ0) is 19.2. The number of hydrogen-bond acceptors (Lipinski definition) is 4. The first-order valence-corrected chi connectivity index (χ1v) is 9.55. The van der Waals surface area contributed by atoms with E-state index in [1.807, 2.05) is 12.1 Å². The van der Waals surface area contributed by atoms with Gasteiger partial charge in [-0.2, -0.15) is 0 Å². The van der Waals surface area contributed by atoms with Gasteiger partial charge >= 0.3 is 5.97 Å². The van der Waals surface area contributed by atoms with Gasteiger partial charge in [0, 0.05) is 35.4 Å². The molecule has 0 N–H and O–H groups in total. The van der Waals surface area contributed by atoms with Crippen molar-refractivity contribution in [2.45, 2.75) is 23.6 Å². The number of ether oxygens (including phenoxy) is 1. The number of nitrogens with zero attached hydrogens (tertiary/aromatic N) is 1. The number of rotatable bonds is 6. The Hall–Kier alpha value is -2.11. The van der Waals surface area contributed by atoms with Crippen molar-refractivity contribution in [2.75, 3.05) is 13.2 Å². The van der Waals surface area contributed by atoms with Crippen molar-refractivity contribution in [3.05, 3.63) is 47.5 Å². The van der Waals surface area contributed by atoms with Crippen LogP contribution < -0.4 is 0 Å². The lowest BCUT2D eigenvalue weighted by Gasteiger charge is -2.27. The fraction of sp³-hybridized carbons (Fsp3) is 0.350. The first kappa shape index (κ1) is 18.3. The fourth-order valence-electron chi connectivity index (χ4n) is 3.38. The standard InChI is InChI=1S/C20H17Cl2NO4/c21-20(22)10-13(20)11-27-16(24)8-3-9-23-18(25)14-6-1-4-12-5-2-7-15(17(12)14)19(23)26/h1-2,4-7,13H,3,8-11H2/t13-/m1/s1. The molecular formula is C20H17Cl2NO4. The summed E-state index contributed by atoms with van der Waals surface area (Å²) in [6.07, 6.45) is 1.07. The van der Waals surface area contributed by atoms with Crippen LogP contribution in [0.15, 0.2) is 36.4 Å². The molecule has 1 aliphatic carbocycles. The van der Waals surface area contributed by atoms with Gasteiger partial charge in [0.15, 0.2) is 0 Å². The number of amides is 2. The molecule has 0 spiro atoms. The normalized spacial score (nSPS) is 20.1. The number of benzene rings is 2. The number of carbonyl (C=O) groups is 3. The van der Waals surface area contributed by atoms with E-state index >= 15 is 0 Å². The summed E-state index contributed by atoms with van der Waals surface area (Å²) in [5, 5.41) is 1.56. The average Bonchev–Trinajstić information content (AvgIpc) is 3.27. The van der Waals surface area contributed by atoms with Gasteiger partial charge in [0.1, 0.15) is 4.33 Å². The lowest BCUT2D eigenvalue weighted by Crippen LogP contribution is -2.41. The van der Waals surface area contributed by atoms with Crippen LogP contribution in [0, 0.1) is 5.92 Å². The van der Waals surface area contributed by atoms with Crippen LogP contribution >= 0.6 is 23.2 Å². The van der Waals surface area contributed by atoms with Gasteiger partial charge in [-0.15, -0.1) is 23.2 Å². The summed E-state index contributed by atoms with van der Waals surface area (Å²) in [5.74, 6) is -1.06. The van der Waals surface area contributed by atoms with E-state index < -0.39 is 4.33 Å². The molecule has 2 aliphatic rings. The van der Waals surface area contributed by atoms with Crippen molar-refractivity contribution in [3.63, 3.8) is 0 Å². The van der Waals surface area contributed by atoms with Crippen molar-refractivity contribution in [1.29, 1.82) is 0 Å². The summed E-state index contributed by atoms with van der Waals surface area (Å²) in [6.45, 7) is 0.360. The molecule has 2 aromatic rings. The highest BCUT2D eigenvalue weighted by atomic mass is 35.5. The van der Waals surface area contributed by atoms with Crippen molar-refractivity contribution in [2.24, 2.45) is 5.92 Å². The molecule has 1 aliphatic heterocycles. The molecule has 1 heterocycles. The molecule has 0 unspecified atom stereocenters. The molecule has 5 nitrogen and oxygen atoms in total. The van der Waals surface area contributed by atoms with Crippen LogP contribution in [0.2, 0.25) is 0 Å². The monoisotopic (exact) mass is 405 g/mol. The molecule has 0 saturated heterocycles. The highest BCUT2D eigenvalue weighted by Crippen LogP contribution is 2.53. The lowest BCUT2D eigenvalue weighted by molar-refractivity contribution is -0.144. The zero-order valence-corrected chi connectivity index (χ0v) is 15.9. The Kier molecular flexibility index (Phi) is 4.60. The van der Waals surface area contributed by atoms with E-state index in [1.54, 1.807) is 24.3 Å². The molecule has 140 valence electrons. The fourth-order valence-corrected chi connectivity index (χ4v) is 3.88. The van der Waals surface area contributed by atoms with Crippen LogP contribution in [0.25, 0.3) is 10.8 Å². The van der Waals surface area contributed by atoms with Gasteiger partial charge in [-0.25, -0.2) is 0 Å². The average molecular weight is 406 g/mol. The molecule has 7 heteroatoms. The minimum atomic E-state index is -0.776. The van der Waals surface area contributed by atoms with E-state index in [0.29, 0.717) is 29.4 Å². The minimum absolute atomic E-state index is 0.0213. The first-order chi connectivity index (χ1) is 12.9. The number of esters is 1. The lowest BCUT2D eigenvalue weighted by atomic mass is 9.94. The second kappa shape index (κ2) is 6.80. The number of halogens is 2. The van der Waals surface area contributed by atoms with Crippen LogP contribution in [0.5, 0.6) is 0 Å². The maximum atomic E-state index is 12.7. The van der Waals surface area contributed by atoms with E-state index in [9.17, 15) is 14.4 Å². The van der Waals surface area contributed by atoms with Crippen molar-refractivity contribution in [1.82, 2.24) is 4.90 Å². The highest BCUT2D eigenvalue weighted by molar-refractivity contribution is 6.50. The van der Waals surface area contributed by atoms with E-state index in [0.717, 1.165) is 5.39 Å². The van der Waals surface area contributed by atoms with Crippen molar-refractivity contribution >= 4 is 51.8 Å². The Labute approximate surface area is 166 Å². The van der Waals surface area contributed by atoms with Gasteiger partial charge in [-0.05, 0) is 30.4 Å². The third-order valence-electron chi connectivity index (χ3n) is 5.02. The first-order valence-electron chi connectivity index (χ1n) is 8.80. The number of hydrogen-bond donors (Lipinski definition) is 0. The molecule has 2 amide bonds. The van der Waals surface area contributed by atoms with Gasteiger partial charge in [0.05, 0.1) is 6.61 Å². The van der Waals surface area contributed by atoms with Gasteiger partial charge in [-0.1, -0.05) is 24.3 Å². The van der Waals surface area contributed by atoms with Gasteiger partial charge in [0.25, 0.3) is 11.8 Å². The Morgan fingerprint density at radius 3 is 2.26 bits per heavy atom. The number of imide groups is 1. The molecule has 1 saturated carbocycles. The van der Waals surface area contributed by atoms with Crippen LogP contribution in [0.1, 0.15) is 40.0 Å². The third-order valence-corrected chi connectivity index (χ3v) is 5.95. The minimum Gasteiger partial charge on any atom is -0.465 e. The van der Waals surface area contributed by atoms with E-state index in [4.69, 9.17) is 27.9 Å². The zero-order valence-electron chi connectivity index (χ0n) is 14.4. The number of carbonyl (C=O) groups excluding carboxylic acids is 3. The summed E-state index contributed by atoms with van der Waals surface area (Å²) < 4.78 is 4.37. The van der Waals surface area contributed by atoms with Crippen LogP contribution in [-0.4, -0.2) is 40.2 Å². The summed E-state index contributed by atoms with van der Waals surface area (Å²) in [7, 11) is 0. The molecular weight excluding hydrogens is 389 g/mol. The van der Waals surface area contributed by atoms with Crippen LogP contribution in [0.3, 0.4) is 0 Å². The Balaban J connectivity index is 1.38. The van der Waals surface area contributed by atoms with Gasteiger partial charge in [0.2, 0.25) is 0 Å². The van der Waals surface area contributed by atoms with Crippen molar-refractivity contribution < 1.29 is 19.1 Å². The number of alkyl halides is 2. The maximum absolute atomic E-state index is 12.7. The summed E-state index contributed by atoms with van der Waals surface area (Å²) >= 11 is 11.8. The molecule has 1 fully saturated rings. The second-order valence-electron chi connectivity index (χ2n) is 6.92. The summed E-state index contributed by atoms with van der Waals surface area (Å²) in [4.78, 5) is 38.5. The Bertz CT molecular complexity index is 905. The Morgan fingerprint density at radius 2 is 1.70 bits per heavy atom. The highest BCUT2D eigenvalue weighted by Gasteiger charge is 2.52. The predicted octanol–water partition coefficient (Wildman–Crippen LogP) is 3.95. The smallest absolute Gasteiger partial charge is 0.305 e. The molecule has 0 aromatic heterocycles. The van der Waals surface area contributed by atoms with Crippen LogP contribution in [-0.2, 0) is 9.53 Å². The van der Waals surface area contributed by atoms with E-state index in [2.05, 4.69) is 0 Å². The quantitative estimate of drug-likeness (QED) is 0.414. The predicted molar refractivity (Wildman–Crippen MR) is 102 cm³/mol. The van der Waals surface area contributed by atoms with Crippen LogP contribution in [0.4, 0.5) is 0 Å².